The Morgan fingerprint density at radius 1 is 0.784 bits per heavy atom. The zero-order valence-electron chi connectivity index (χ0n) is 19.1. The molecular formula is C26H20FN3O5S2. The minimum Gasteiger partial charge on any atom is -0.325 e. The molecular weight excluding hydrogens is 517 g/mol. The number of carbonyl (C=O) groups excluding carboxylic acids is 1. The molecule has 188 valence electrons. The molecule has 2 N–H and O–H groups in total. The van der Waals surface area contributed by atoms with Gasteiger partial charge in [-0.05, 0) is 60.7 Å². The topological polar surface area (TPSA) is 113 Å². The third-order valence-corrected chi connectivity index (χ3v) is 8.97. The van der Waals surface area contributed by atoms with Crippen LogP contribution in [0.3, 0.4) is 0 Å². The van der Waals surface area contributed by atoms with Gasteiger partial charge in [0.05, 0.1) is 15.5 Å². The number of rotatable bonds is 6. The number of carbonyl (C=O) groups is 1. The molecule has 0 bridgehead atoms. The number of fused-ring (bicyclic) bond motifs is 3. The maximum absolute atomic E-state index is 13.3. The summed E-state index contributed by atoms with van der Waals surface area (Å²) in [4.78, 5) is 12.9. The fourth-order valence-electron chi connectivity index (χ4n) is 4.03. The van der Waals surface area contributed by atoms with E-state index in [9.17, 15) is 26.0 Å². The molecule has 0 saturated carbocycles. The van der Waals surface area contributed by atoms with E-state index in [0.29, 0.717) is 16.8 Å². The van der Waals surface area contributed by atoms with E-state index in [-0.39, 0.29) is 21.2 Å². The molecule has 1 heterocycles. The van der Waals surface area contributed by atoms with Crippen LogP contribution in [0.1, 0.15) is 0 Å². The predicted octanol–water partition coefficient (Wildman–Crippen LogP) is 4.44. The lowest BCUT2D eigenvalue weighted by Crippen LogP contribution is -2.40. The minimum atomic E-state index is -3.98. The van der Waals surface area contributed by atoms with Crippen molar-refractivity contribution in [1.29, 1.82) is 0 Å². The second-order valence-corrected chi connectivity index (χ2v) is 11.7. The SMILES string of the molecule is O=C(CN1c2ccccc2-c2ccccc2S1(=O)=O)Nc1ccc(S(=O)(=O)Nc2ccc(F)cc2)cc1. The van der Waals surface area contributed by atoms with Gasteiger partial charge in [0.15, 0.2) is 0 Å². The Morgan fingerprint density at radius 2 is 1.38 bits per heavy atom. The molecule has 0 spiro atoms. The van der Waals surface area contributed by atoms with E-state index in [1.54, 1.807) is 42.5 Å². The number of nitrogens with zero attached hydrogens (tertiary/aromatic N) is 1. The second kappa shape index (κ2) is 9.34. The number of para-hydroxylation sites is 1. The highest BCUT2D eigenvalue weighted by Gasteiger charge is 2.35. The van der Waals surface area contributed by atoms with Crippen LogP contribution >= 0.6 is 0 Å². The van der Waals surface area contributed by atoms with E-state index < -0.39 is 38.3 Å². The summed E-state index contributed by atoms with van der Waals surface area (Å²) >= 11 is 0. The van der Waals surface area contributed by atoms with Crippen LogP contribution in [-0.4, -0.2) is 29.3 Å². The van der Waals surface area contributed by atoms with Gasteiger partial charge in [-0.25, -0.2) is 21.2 Å². The van der Waals surface area contributed by atoms with Gasteiger partial charge in [0.2, 0.25) is 5.91 Å². The van der Waals surface area contributed by atoms with Crippen LogP contribution in [-0.2, 0) is 24.8 Å². The highest BCUT2D eigenvalue weighted by Crippen LogP contribution is 2.42. The maximum atomic E-state index is 13.3. The van der Waals surface area contributed by atoms with E-state index >= 15 is 0 Å². The summed E-state index contributed by atoms with van der Waals surface area (Å²) in [7, 11) is -7.92. The van der Waals surface area contributed by atoms with Crippen molar-refractivity contribution in [1.82, 2.24) is 0 Å². The quantitative estimate of drug-likeness (QED) is 0.378. The van der Waals surface area contributed by atoms with Gasteiger partial charge in [-0.3, -0.25) is 13.8 Å². The Hall–Kier alpha value is -4.22. The Balaban J connectivity index is 1.33. The maximum Gasteiger partial charge on any atom is 0.265 e. The summed E-state index contributed by atoms with van der Waals surface area (Å²) in [5.41, 5.74) is 2.15. The zero-order chi connectivity index (χ0) is 26.2. The molecule has 11 heteroatoms. The molecule has 1 aliphatic rings. The normalized spacial score (nSPS) is 13.8. The van der Waals surface area contributed by atoms with Crippen molar-refractivity contribution in [3.05, 3.63) is 103 Å². The molecule has 0 aromatic heterocycles. The Kier molecular flexibility index (Phi) is 6.18. The van der Waals surface area contributed by atoms with Gasteiger partial charge < -0.3 is 5.32 Å². The van der Waals surface area contributed by atoms with Gasteiger partial charge >= 0.3 is 0 Å². The summed E-state index contributed by atoms with van der Waals surface area (Å²) in [6.45, 7) is -0.472. The number of benzene rings is 4. The number of anilines is 3. The standard InChI is InChI=1S/C26H20FN3O5S2/c27-18-9-11-20(12-10-18)29-36(32,33)21-15-13-19(14-16-21)28-26(31)17-30-24-7-3-1-5-22(24)23-6-2-4-8-25(23)37(30,34)35/h1-16,29H,17H2,(H,28,31). The highest BCUT2D eigenvalue weighted by atomic mass is 32.2. The third-order valence-electron chi connectivity index (χ3n) is 5.75. The summed E-state index contributed by atoms with van der Waals surface area (Å²) in [5.74, 6) is -1.09. The lowest BCUT2D eigenvalue weighted by atomic mass is 10.0. The number of hydrogen-bond donors (Lipinski definition) is 2. The predicted molar refractivity (Wildman–Crippen MR) is 139 cm³/mol. The largest absolute Gasteiger partial charge is 0.325 e. The van der Waals surface area contributed by atoms with Crippen LogP contribution in [0.5, 0.6) is 0 Å². The van der Waals surface area contributed by atoms with Crippen molar-refractivity contribution < 1.29 is 26.0 Å². The molecule has 0 atom stereocenters. The molecule has 0 fully saturated rings. The number of halogens is 1. The van der Waals surface area contributed by atoms with Gasteiger partial charge in [0, 0.05) is 22.5 Å². The average Bonchev–Trinajstić information content (AvgIpc) is 2.88. The summed E-state index contributed by atoms with van der Waals surface area (Å²) < 4.78 is 68.4. The first-order chi connectivity index (χ1) is 17.6. The summed E-state index contributed by atoms with van der Waals surface area (Å²) in [6.07, 6.45) is 0. The van der Waals surface area contributed by atoms with E-state index in [1.165, 1.54) is 42.5 Å². The number of nitrogens with one attached hydrogen (secondary N) is 2. The Morgan fingerprint density at radius 3 is 2.08 bits per heavy atom. The van der Waals surface area contributed by atoms with Crippen molar-refractivity contribution in [2.75, 3.05) is 20.9 Å². The van der Waals surface area contributed by atoms with Crippen molar-refractivity contribution >= 4 is 43.0 Å². The van der Waals surface area contributed by atoms with Crippen LogP contribution in [0.2, 0.25) is 0 Å². The molecule has 0 saturated heterocycles. The monoisotopic (exact) mass is 537 g/mol. The van der Waals surface area contributed by atoms with Crippen LogP contribution in [0, 0.1) is 5.82 Å². The Labute approximate surface area is 213 Å². The van der Waals surface area contributed by atoms with Gasteiger partial charge in [-0.15, -0.1) is 0 Å². The molecule has 4 aromatic rings. The van der Waals surface area contributed by atoms with Gasteiger partial charge in [-0.2, -0.15) is 0 Å². The lowest BCUT2D eigenvalue weighted by Gasteiger charge is -2.31. The highest BCUT2D eigenvalue weighted by molar-refractivity contribution is 7.93. The number of amides is 1. The van der Waals surface area contributed by atoms with E-state index in [1.807, 2.05) is 0 Å². The van der Waals surface area contributed by atoms with Gasteiger partial charge in [0.25, 0.3) is 20.0 Å². The molecule has 4 aromatic carbocycles. The van der Waals surface area contributed by atoms with Gasteiger partial charge in [-0.1, -0.05) is 36.4 Å². The molecule has 0 aliphatic carbocycles. The molecule has 37 heavy (non-hydrogen) atoms. The first-order valence-electron chi connectivity index (χ1n) is 11.0. The average molecular weight is 538 g/mol. The lowest BCUT2D eigenvalue weighted by molar-refractivity contribution is -0.114. The molecule has 0 radical (unpaired) electrons. The van der Waals surface area contributed by atoms with E-state index in [4.69, 9.17) is 0 Å². The van der Waals surface area contributed by atoms with Crippen LogP contribution in [0.4, 0.5) is 21.5 Å². The second-order valence-electron chi connectivity index (χ2n) is 8.21. The summed E-state index contributed by atoms with van der Waals surface area (Å²) in [5, 5.41) is 2.61. The molecule has 8 nitrogen and oxygen atoms in total. The van der Waals surface area contributed by atoms with Crippen molar-refractivity contribution in [3.63, 3.8) is 0 Å². The van der Waals surface area contributed by atoms with Crippen molar-refractivity contribution in [3.8, 4) is 11.1 Å². The van der Waals surface area contributed by atoms with Gasteiger partial charge in [0.1, 0.15) is 12.4 Å². The van der Waals surface area contributed by atoms with Crippen LogP contribution < -0.4 is 14.3 Å². The number of hydrogen-bond acceptors (Lipinski definition) is 5. The van der Waals surface area contributed by atoms with E-state index in [0.717, 1.165) is 16.4 Å². The molecule has 1 aliphatic heterocycles. The third kappa shape index (κ3) is 4.78. The van der Waals surface area contributed by atoms with Crippen molar-refractivity contribution in [2.24, 2.45) is 0 Å². The first-order valence-corrected chi connectivity index (χ1v) is 14.0. The number of sulfonamides is 2. The van der Waals surface area contributed by atoms with Crippen LogP contribution in [0.15, 0.2) is 107 Å². The smallest absolute Gasteiger partial charge is 0.265 e. The summed E-state index contributed by atoms with van der Waals surface area (Å²) in [6, 6.07) is 23.8. The van der Waals surface area contributed by atoms with Crippen LogP contribution in [0.25, 0.3) is 11.1 Å². The molecule has 1 amide bonds. The zero-order valence-corrected chi connectivity index (χ0v) is 20.8. The molecule has 0 unspecified atom stereocenters. The Bertz CT molecular complexity index is 1710. The molecule has 5 rings (SSSR count). The van der Waals surface area contributed by atoms with E-state index in [2.05, 4.69) is 10.0 Å². The fraction of sp³-hybridized carbons (Fsp3) is 0.0385. The van der Waals surface area contributed by atoms with Crippen molar-refractivity contribution in [2.45, 2.75) is 9.79 Å². The fourth-order valence-corrected chi connectivity index (χ4v) is 6.74. The minimum absolute atomic E-state index is 0.0704. The first kappa shape index (κ1) is 24.5.